The highest BCUT2D eigenvalue weighted by atomic mass is 31.2. The zero-order valence-corrected chi connectivity index (χ0v) is 35.6. The van der Waals surface area contributed by atoms with Crippen LogP contribution in [-0.2, 0) is 32.7 Å². The Labute approximate surface area is 325 Å². The molecular weight excluding hydrogens is 689 g/mol. The summed E-state index contributed by atoms with van der Waals surface area (Å²) in [6.45, 7) is 4.12. The van der Waals surface area contributed by atoms with Crippen LogP contribution in [0.3, 0.4) is 0 Å². The van der Waals surface area contributed by atoms with Crippen LogP contribution in [0.2, 0.25) is 0 Å². The van der Waals surface area contributed by atoms with Gasteiger partial charge >= 0.3 is 11.9 Å². The molecular formula is C43H80NO8P. The van der Waals surface area contributed by atoms with Crippen LogP contribution >= 0.6 is 7.82 Å². The smallest absolute Gasteiger partial charge is 0.306 e. The molecule has 310 valence electrons. The molecule has 0 fully saturated rings. The molecule has 2 atom stereocenters. The number of esters is 2. The lowest BCUT2D eigenvalue weighted by atomic mass is 10.1. The lowest BCUT2D eigenvalue weighted by Crippen LogP contribution is -2.37. The Balaban J connectivity index is 4.44. The van der Waals surface area contributed by atoms with Crippen LogP contribution in [0.15, 0.2) is 36.5 Å². The van der Waals surface area contributed by atoms with Crippen molar-refractivity contribution < 1.29 is 42.1 Å². The third-order valence-electron chi connectivity index (χ3n) is 8.90. The second-order valence-electron chi connectivity index (χ2n) is 15.3. The van der Waals surface area contributed by atoms with Crippen molar-refractivity contribution in [2.24, 2.45) is 0 Å². The second-order valence-corrected chi connectivity index (χ2v) is 16.8. The topological polar surface area (TPSA) is 111 Å². The van der Waals surface area contributed by atoms with Crippen molar-refractivity contribution in [3.63, 3.8) is 0 Å². The summed E-state index contributed by atoms with van der Waals surface area (Å²) < 4.78 is 33.8. The van der Waals surface area contributed by atoms with Crippen molar-refractivity contribution >= 4 is 19.8 Å². The molecule has 0 rings (SSSR count). The first-order valence-corrected chi connectivity index (χ1v) is 22.7. The fourth-order valence-electron chi connectivity index (χ4n) is 5.51. The monoisotopic (exact) mass is 770 g/mol. The minimum absolute atomic E-state index is 0.0384. The largest absolute Gasteiger partial charge is 0.756 e. The molecule has 0 aliphatic carbocycles. The molecule has 0 aliphatic heterocycles. The lowest BCUT2D eigenvalue weighted by molar-refractivity contribution is -0.870. The van der Waals surface area contributed by atoms with E-state index in [9.17, 15) is 19.0 Å². The number of likely N-dealkylation sites (N-methyl/N-ethyl adjacent to an activating group) is 1. The van der Waals surface area contributed by atoms with Gasteiger partial charge in [0, 0.05) is 12.8 Å². The standard InChI is InChI=1S/C43H80NO8P/c1-6-8-10-12-14-16-18-20-22-24-25-27-29-31-33-35-42(45)49-39-41(40-51-53(47,48)50-38-37-44(3,4)5)52-43(46)36-34-32-30-28-26-23-21-19-17-15-13-11-9-7-2/h13,15,19,21,29,31,41H,6-12,14,16-18,20,22-28,30,32-40H2,1-5H3/b15-13+,21-19+,31-29+/t41-/m1/s1. The van der Waals surface area contributed by atoms with E-state index in [0.717, 1.165) is 57.8 Å². The fourth-order valence-corrected chi connectivity index (χ4v) is 6.24. The molecule has 0 heterocycles. The van der Waals surface area contributed by atoms with Gasteiger partial charge in [-0.25, -0.2) is 0 Å². The van der Waals surface area contributed by atoms with Gasteiger partial charge in [0.25, 0.3) is 7.82 Å². The molecule has 0 aromatic carbocycles. The summed E-state index contributed by atoms with van der Waals surface area (Å²) in [5.74, 6) is -0.908. The zero-order chi connectivity index (χ0) is 39.3. The van der Waals surface area contributed by atoms with Crippen molar-refractivity contribution in [3.8, 4) is 0 Å². The Bertz CT molecular complexity index is 1010. The minimum atomic E-state index is -4.63. The molecule has 0 saturated heterocycles. The van der Waals surface area contributed by atoms with E-state index in [-0.39, 0.29) is 26.1 Å². The van der Waals surface area contributed by atoms with Gasteiger partial charge in [-0.3, -0.25) is 14.2 Å². The number of nitrogens with zero attached hydrogens (tertiary/aromatic N) is 1. The Morgan fingerprint density at radius 2 is 1.08 bits per heavy atom. The van der Waals surface area contributed by atoms with E-state index in [1.54, 1.807) is 0 Å². The average Bonchev–Trinajstić information content (AvgIpc) is 3.10. The Hall–Kier alpha value is -1.77. The molecule has 9 nitrogen and oxygen atoms in total. The molecule has 0 aromatic rings. The summed E-state index contributed by atoms with van der Waals surface area (Å²) in [6, 6.07) is 0. The van der Waals surface area contributed by atoms with Crippen molar-refractivity contribution in [3.05, 3.63) is 36.5 Å². The molecule has 0 saturated carbocycles. The van der Waals surface area contributed by atoms with Crippen LogP contribution in [0.5, 0.6) is 0 Å². The fraction of sp³-hybridized carbons (Fsp3) is 0.814. The number of carbonyl (C=O) groups excluding carboxylic acids is 2. The van der Waals surface area contributed by atoms with Gasteiger partial charge in [0.2, 0.25) is 0 Å². The summed E-state index contributed by atoms with van der Waals surface area (Å²) in [5, 5.41) is 0. The van der Waals surface area contributed by atoms with Gasteiger partial charge in [0.05, 0.1) is 27.7 Å². The van der Waals surface area contributed by atoms with Gasteiger partial charge in [0.1, 0.15) is 19.8 Å². The first-order chi connectivity index (χ1) is 25.5. The molecule has 0 aromatic heterocycles. The average molecular weight is 770 g/mol. The van der Waals surface area contributed by atoms with Crippen LogP contribution < -0.4 is 4.89 Å². The van der Waals surface area contributed by atoms with Crippen molar-refractivity contribution in [2.45, 2.75) is 180 Å². The Morgan fingerprint density at radius 1 is 0.585 bits per heavy atom. The lowest BCUT2D eigenvalue weighted by Gasteiger charge is -2.28. The van der Waals surface area contributed by atoms with Gasteiger partial charge in [-0.2, -0.15) is 0 Å². The molecule has 53 heavy (non-hydrogen) atoms. The zero-order valence-electron chi connectivity index (χ0n) is 34.7. The van der Waals surface area contributed by atoms with Crippen LogP contribution in [0, 0.1) is 0 Å². The number of phosphoric acid groups is 1. The maximum atomic E-state index is 12.6. The van der Waals surface area contributed by atoms with Crippen molar-refractivity contribution in [1.29, 1.82) is 0 Å². The van der Waals surface area contributed by atoms with E-state index in [1.165, 1.54) is 77.0 Å². The molecule has 10 heteroatoms. The van der Waals surface area contributed by atoms with E-state index in [0.29, 0.717) is 23.9 Å². The summed E-state index contributed by atoms with van der Waals surface area (Å²) >= 11 is 0. The molecule has 1 unspecified atom stereocenters. The predicted octanol–water partition coefficient (Wildman–Crippen LogP) is 11.1. The van der Waals surface area contributed by atoms with Crippen LogP contribution in [0.4, 0.5) is 0 Å². The minimum Gasteiger partial charge on any atom is -0.756 e. The van der Waals surface area contributed by atoms with E-state index in [2.05, 4.69) is 44.2 Å². The molecule has 0 N–H and O–H groups in total. The Kier molecular flexibility index (Phi) is 34.7. The first-order valence-electron chi connectivity index (χ1n) is 21.2. The van der Waals surface area contributed by atoms with Gasteiger partial charge in [0.15, 0.2) is 6.10 Å². The number of unbranched alkanes of at least 4 members (excludes halogenated alkanes) is 18. The number of hydrogen-bond acceptors (Lipinski definition) is 8. The number of carbonyl (C=O) groups is 2. The number of quaternary nitrogens is 1. The van der Waals surface area contributed by atoms with Gasteiger partial charge in [-0.1, -0.05) is 147 Å². The summed E-state index contributed by atoms with van der Waals surface area (Å²) in [6.07, 6.45) is 38.9. The maximum Gasteiger partial charge on any atom is 0.306 e. The number of ether oxygens (including phenoxy) is 2. The number of phosphoric ester groups is 1. The van der Waals surface area contributed by atoms with E-state index in [4.69, 9.17) is 18.5 Å². The van der Waals surface area contributed by atoms with Crippen molar-refractivity contribution in [2.75, 3.05) is 47.5 Å². The number of allylic oxidation sites excluding steroid dienone is 6. The summed E-state index contributed by atoms with van der Waals surface area (Å²) in [4.78, 5) is 37.4. The van der Waals surface area contributed by atoms with E-state index < -0.39 is 32.5 Å². The molecule has 0 spiro atoms. The van der Waals surface area contributed by atoms with Crippen LogP contribution in [0.1, 0.15) is 174 Å². The van der Waals surface area contributed by atoms with Crippen molar-refractivity contribution in [1.82, 2.24) is 0 Å². The van der Waals surface area contributed by atoms with Crippen LogP contribution in [-0.4, -0.2) is 70.0 Å². The van der Waals surface area contributed by atoms with E-state index in [1.807, 2.05) is 27.2 Å². The maximum absolute atomic E-state index is 12.6. The molecule has 0 radical (unpaired) electrons. The molecule has 0 bridgehead atoms. The highest BCUT2D eigenvalue weighted by Gasteiger charge is 2.21. The number of hydrogen-bond donors (Lipinski definition) is 0. The highest BCUT2D eigenvalue weighted by Crippen LogP contribution is 2.38. The second kappa shape index (κ2) is 35.9. The quantitative estimate of drug-likeness (QED) is 0.0201. The molecule has 0 aliphatic rings. The Morgan fingerprint density at radius 3 is 1.64 bits per heavy atom. The predicted molar refractivity (Wildman–Crippen MR) is 217 cm³/mol. The first kappa shape index (κ1) is 51.2. The normalized spacial score (nSPS) is 14.0. The number of rotatable bonds is 38. The van der Waals surface area contributed by atoms with Gasteiger partial charge in [-0.05, 0) is 51.4 Å². The summed E-state index contributed by atoms with van der Waals surface area (Å²) in [7, 11) is 1.14. The van der Waals surface area contributed by atoms with Gasteiger partial charge in [-0.15, -0.1) is 0 Å². The van der Waals surface area contributed by atoms with Gasteiger partial charge < -0.3 is 27.9 Å². The SMILES string of the molecule is CCCC/C=C/C/C=C/CCCCCCCC(=O)O[C@H](COC(=O)CC/C=C/CCCCCCCCCCCCC)COP(=O)([O-])OCC[N+](C)(C)C. The highest BCUT2D eigenvalue weighted by molar-refractivity contribution is 7.45. The third-order valence-corrected chi connectivity index (χ3v) is 9.86. The van der Waals surface area contributed by atoms with Crippen LogP contribution in [0.25, 0.3) is 0 Å². The van der Waals surface area contributed by atoms with E-state index >= 15 is 0 Å². The third kappa shape index (κ3) is 39.7. The summed E-state index contributed by atoms with van der Waals surface area (Å²) in [5.41, 5.74) is 0. The molecule has 0 amide bonds.